The van der Waals surface area contributed by atoms with Crippen molar-refractivity contribution in [2.75, 3.05) is 13.2 Å². The topological polar surface area (TPSA) is 90.3 Å². The first-order chi connectivity index (χ1) is 16.7. The molecule has 0 aliphatic rings. The molecule has 0 saturated heterocycles. The molecule has 0 aliphatic heterocycles. The number of sulfonamides is 1. The zero-order chi connectivity index (χ0) is 26.7. The van der Waals surface area contributed by atoms with Gasteiger partial charge in [0.2, 0.25) is 10.0 Å². The quantitative estimate of drug-likeness (QED) is 0.434. The number of aromatic nitrogens is 2. The summed E-state index contributed by atoms with van der Waals surface area (Å²) in [6.45, 7) is 1.42. The number of alkyl halides is 6. The molecule has 36 heavy (non-hydrogen) atoms. The Morgan fingerprint density at radius 2 is 1.50 bits per heavy atom. The third-order valence-electron chi connectivity index (χ3n) is 4.81. The molecule has 2 aromatic carbocycles. The zero-order valence-electron chi connectivity index (χ0n) is 18.5. The second-order valence-electron chi connectivity index (χ2n) is 7.38. The van der Waals surface area contributed by atoms with E-state index in [1.165, 1.54) is 12.1 Å². The van der Waals surface area contributed by atoms with Gasteiger partial charge in [-0.25, -0.2) is 17.8 Å². The van der Waals surface area contributed by atoms with Crippen LogP contribution in [0.3, 0.4) is 0 Å². The average molecular weight is 535 g/mol. The van der Waals surface area contributed by atoms with E-state index in [-0.39, 0.29) is 24.7 Å². The van der Waals surface area contributed by atoms with Crippen LogP contribution in [0, 0.1) is 0 Å². The van der Waals surface area contributed by atoms with E-state index in [4.69, 9.17) is 4.74 Å². The molecule has 0 radical (unpaired) electrons. The number of nitrogens with zero attached hydrogens (tertiary/aromatic N) is 2. The van der Waals surface area contributed by atoms with Gasteiger partial charge in [0.25, 0.3) is 5.56 Å². The first-order valence-corrected chi connectivity index (χ1v) is 11.8. The van der Waals surface area contributed by atoms with E-state index in [2.05, 4.69) is 5.10 Å². The first-order valence-electron chi connectivity index (χ1n) is 10.3. The van der Waals surface area contributed by atoms with E-state index in [0.29, 0.717) is 23.6 Å². The van der Waals surface area contributed by atoms with E-state index in [1.807, 2.05) is 11.6 Å². The van der Waals surface area contributed by atoms with Crippen LogP contribution in [0.1, 0.15) is 18.1 Å². The molecule has 0 amide bonds. The molecule has 3 rings (SSSR count). The molecule has 0 aliphatic carbocycles. The summed E-state index contributed by atoms with van der Waals surface area (Å²) in [6, 6.07) is 9.43. The number of ether oxygens (including phenoxy) is 1. The lowest BCUT2D eigenvalue weighted by Gasteiger charge is -2.15. The Morgan fingerprint density at radius 3 is 2.03 bits per heavy atom. The number of benzene rings is 2. The number of rotatable bonds is 8. The van der Waals surface area contributed by atoms with Crippen molar-refractivity contribution in [3.63, 3.8) is 0 Å². The summed E-state index contributed by atoms with van der Waals surface area (Å²) in [6.07, 6.45) is -10.4. The normalized spacial score (nSPS) is 12.5. The van der Waals surface area contributed by atoms with Gasteiger partial charge in [-0.2, -0.15) is 31.4 Å². The van der Waals surface area contributed by atoms with Gasteiger partial charge in [-0.3, -0.25) is 4.79 Å². The molecule has 0 saturated carbocycles. The summed E-state index contributed by atoms with van der Waals surface area (Å²) >= 11 is 0. The monoisotopic (exact) mass is 535 g/mol. The van der Waals surface area contributed by atoms with Crippen molar-refractivity contribution in [2.24, 2.45) is 0 Å². The van der Waals surface area contributed by atoms with Crippen LogP contribution >= 0.6 is 0 Å². The van der Waals surface area contributed by atoms with Gasteiger partial charge in [0, 0.05) is 18.2 Å². The Morgan fingerprint density at radius 1 is 0.917 bits per heavy atom. The fourth-order valence-electron chi connectivity index (χ4n) is 3.10. The maximum absolute atomic E-state index is 13.0. The number of hydrogen-bond donors (Lipinski definition) is 1. The largest absolute Gasteiger partial charge is 0.494 e. The molecule has 3 aromatic rings. The van der Waals surface area contributed by atoms with E-state index >= 15 is 0 Å². The zero-order valence-corrected chi connectivity index (χ0v) is 19.3. The fourth-order valence-corrected chi connectivity index (χ4v) is 4.19. The van der Waals surface area contributed by atoms with Crippen LogP contribution in [0.5, 0.6) is 5.75 Å². The lowest BCUT2D eigenvalue weighted by atomic mass is 10.1. The van der Waals surface area contributed by atoms with Gasteiger partial charge < -0.3 is 4.74 Å². The van der Waals surface area contributed by atoms with Crippen LogP contribution in [0.2, 0.25) is 0 Å². The van der Waals surface area contributed by atoms with Crippen LogP contribution in [-0.2, 0) is 28.9 Å². The predicted octanol–water partition coefficient (Wildman–Crippen LogP) is 4.33. The fraction of sp³-hybridized carbons (Fsp3) is 0.273. The third-order valence-corrected chi connectivity index (χ3v) is 6.26. The number of halogens is 6. The Hall–Kier alpha value is -3.39. The minimum atomic E-state index is -5.20. The Labute approximate surface area is 201 Å². The van der Waals surface area contributed by atoms with Gasteiger partial charge in [0.1, 0.15) is 5.75 Å². The summed E-state index contributed by atoms with van der Waals surface area (Å²) in [5.41, 5.74) is -3.13. The van der Waals surface area contributed by atoms with Crippen LogP contribution in [-0.4, -0.2) is 31.3 Å². The Kier molecular flexibility index (Phi) is 7.79. The van der Waals surface area contributed by atoms with Crippen LogP contribution < -0.4 is 15.0 Å². The van der Waals surface area contributed by atoms with Crippen molar-refractivity contribution in [1.82, 2.24) is 14.5 Å². The summed E-state index contributed by atoms with van der Waals surface area (Å²) < 4.78 is 111. The van der Waals surface area contributed by atoms with Gasteiger partial charge in [0.15, 0.2) is 0 Å². The predicted molar refractivity (Wildman–Crippen MR) is 117 cm³/mol. The van der Waals surface area contributed by atoms with E-state index in [0.717, 1.165) is 4.68 Å². The smallest absolute Gasteiger partial charge is 0.416 e. The summed E-state index contributed by atoms with van der Waals surface area (Å²) in [5, 5.41) is 4.13. The Balaban J connectivity index is 1.80. The van der Waals surface area contributed by atoms with Gasteiger partial charge in [0.05, 0.1) is 34.9 Å². The molecular formula is C22H19F6N3O4S. The minimum Gasteiger partial charge on any atom is -0.494 e. The third kappa shape index (κ3) is 6.63. The molecule has 1 aromatic heterocycles. The van der Waals surface area contributed by atoms with Crippen molar-refractivity contribution in [2.45, 2.75) is 30.7 Å². The van der Waals surface area contributed by atoms with Gasteiger partial charge in [-0.15, -0.1) is 0 Å². The van der Waals surface area contributed by atoms with Gasteiger partial charge in [-0.05, 0) is 55.5 Å². The highest BCUT2D eigenvalue weighted by atomic mass is 32.2. The molecule has 0 atom stereocenters. The summed E-state index contributed by atoms with van der Waals surface area (Å²) in [4.78, 5) is 10.9. The molecule has 194 valence electrons. The molecule has 0 fully saturated rings. The van der Waals surface area contributed by atoms with Crippen LogP contribution in [0.15, 0.2) is 64.3 Å². The number of hydrogen-bond acceptors (Lipinski definition) is 5. The molecule has 0 bridgehead atoms. The maximum atomic E-state index is 13.0. The second kappa shape index (κ2) is 10.3. The van der Waals surface area contributed by atoms with Crippen molar-refractivity contribution in [3.8, 4) is 17.0 Å². The summed E-state index contributed by atoms with van der Waals surface area (Å²) in [7, 11) is -4.79. The number of nitrogens with one attached hydrogen (secondary N) is 1. The van der Waals surface area contributed by atoms with Crippen molar-refractivity contribution < 1.29 is 39.5 Å². The highest BCUT2D eigenvalue weighted by Crippen LogP contribution is 2.37. The molecule has 1 N–H and O–H groups in total. The molecule has 14 heteroatoms. The highest BCUT2D eigenvalue weighted by molar-refractivity contribution is 7.89. The van der Waals surface area contributed by atoms with Gasteiger partial charge in [-0.1, -0.05) is 0 Å². The molecule has 0 unspecified atom stereocenters. The lowest BCUT2D eigenvalue weighted by Crippen LogP contribution is -2.32. The van der Waals surface area contributed by atoms with E-state index in [1.54, 1.807) is 24.3 Å². The van der Waals surface area contributed by atoms with Crippen molar-refractivity contribution >= 4 is 10.0 Å². The van der Waals surface area contributed by atoms with E-state index < -0.39 is 50.5 Å². The van der Waals surface area contributed by atoms with Crippen LogP contribution in [0.25, 0.3) is 11.3 Å². The molecule has 7 nitrogen and oxygen atoms in total. The SMILES string of the molecule is CCOc1ccc(-c2ccc(=O)n(CCNS(=O)(=O)c3cc(C(F)(F)F)cc(C(F)(F)F)c3)n2)cc1. The van der Waals surface area contributed by atoms with Crippen LogP contribution in [0.4, 0.5) is 26.3 Å². The lowest BCUT2D eigenvalue weighted by molar-refractivity contribution is -0.143. The highest BCUT2D eigenvalue weighted by Gasteiger charge is 2.38. The van der Waals surface area contributed by atoms with Crippen molar-refractivity contribution in [3.05, 3.63) is 76.1 Å². The summed E-state index contributed by atoms with van der Waals surface area (Å²) in [5.74, 6) is 0.618. The molecule has 0 spiro atoms. The van der Waals surface area contributed by atoms with E-state index in [9.17, 15) is 39.6 Å². The molecule has 1 heterocycles. The van der Waals surface area contributed by atoms with Gasteiger partial charge >= 0.3 is 12.4 Å². The Bertz CT molecular complexity index is 1350. The minimum absolute atomic E-state index is 0.106. The standard InChI is InChI=1S/C22H19F6N3O4S/c1-2-35-17-5-3-14(4-6-17)19-7-8-20(32)31(30-19)10-9-29-36(33,34)18-12-15(21(23,24)25)11-16(13-18)22(26,27)28/h3-8,11-13,29H,2,9-10H2,1H3. The maximum Gasteiger partial charge on any atom is 0.416 e. The first kappa shape index (κ1) is 27.2. The average Bonchev–Trinajstić information content (AvgIpc) is 2.79. The molecular weight excluding hydrogens is 516 g/mol. The second-order valence-corrected chi connectivity index (χ2v) is 9.14. The van der Waals surface area contributed by atoms with Crippen molar-refractivity contribution in [1.29, 1.82) is 0 Å².